The molecule has 1 fully saturated rings. The monoisotopic (exact) mass is 360 g/mol. The van der Waals surface area contributed by atoms with E-state index in [9.17, 15) is 14.7 Å². The van der Waals surface area contributed by atoms with Crippen molar-refractivity contribution in [1.29, 1.82) is 0 Å². The van der Waals surface area contributed by atoms with Gasteiger partial charge in [0.1, 0.15) is 12.2 Å². The maximum absolute atomic E-state index is 12.4. The number of rotatable bonds is 2. The molecule has 5 atom stereocenters. The van der Waals surface area contributed by atoms with E-state index in [-0.39, 0.29) is 12.0 Å². The summed E-state index contributed by atoms with van der Waals surface area (Å²) in [5.74, 6) is -3.10. The van der Waals surface area contributed by atoms with Crippen LogP contribution in [0, 0.1) is 5.92 Å². The Bertz CT molecular complexity index is 760. The summed E-state index contributed by atoms with van der Waals surface area (Å²) in [6, 6.07) is 0. The minimum Gasteiger partial charge on any atom is -0.458 e. The highest BCUT2D eigenvalue weighted by Crippen LogP contribution is 2.44. The smallest absolute Gasteiger partial charge is 0.334 e. The zero-order valence-electron chi connectivity index (χ0n) is 15.4. The second-order valence-electron chi connectivity index (χ2n) is 7.33. The van der Waals surface area contributed by atoms with Gasteiger partial charge in [-0.15, -0.1) is 0 Å². The Morgan fingerprint density at radius 1 is 1.46 bits per heavy atom. The minimum atomic E-state index is -1.58. The molecule has 1 N–H and O–H groups in total. The number of fused-ring (bicyclic) bond motifs is 3. The van der Waals surface area contributed by atoms with Gasteiger partial charge in [0.25, 0.3) is 0 Å². The topological polar surface area (TPSA) is 82.1 Å². The van der Waals surface area contributed by atoms with Gasteiger partial charge in [-0.05, 0) is 45.4 Å². The summed E-state index contributed by atoms with van der Waals surface area (Å²) in [4.78, 5) is 24.5. The lowest BCUT2D eigenvalue weighted by molar-refractivity contribution is -0.188. The van der Waals surface area contributed by atoms with Gasteiger partial charge in [0, 0.05) is 17.6 Å². The first-order valence-electron chi connectivity index (χ1n) is 8.64. The Hall–Kier alpha value is -2.18. The fourth-order valence-corrected chi connectivity index (χ4v) is 3.57. The SMILES string of the molecule is C=C1C(=O)O[C@H]2/C=C(/C)[C@]3(O)C=C[C@@](C)(C[C@@H](OC(=O)/C(C)=C/C)[C@@H]12)O3. The molecule has 1 saturated heterocycles. The summed E-state index contributed by atoms with van der Waals surface area (Å²) >= 11 is 0. The lowest BCUT2D eigenvalue weighted by Crippen LogP contribution is -2.40. The van der Waals surface area contributed by atoms with Crippen molar-refractivity contribution in [3.05, 3.63) is 47.6 Å². The first kappa shape index (κ1) is 18.6. The molecular formula is C20H24O6. The molecule has 0 aromatic heterocycles. The number of ether oxygens (including phenoxy) is 3. The van der Waals surface area contributed by atoms with Gasteiger partial charge in [-0.3, -0.25) is 0 Å². The van der Waals surface area contributed by atoms with E-state index in [0.717, 1.165) is 0 Å². The average Bonchev–Trinajstić information content (AvgIpc) is 3.03. The quantitative estimate of drug-likeness (QED) is 0.462. The highest BCUT2D eigenvalue weighted by Gasteiger charge is 2.52. The van der Waals surface area contributed by atoms with E-state index in [2.05, 4.69) is 6.58 Å². The summed E-state index contributed by atoms with van der Waals surface area (Å²) in [7, 11) is 0. The van der Waals surface area contributed by atoms with Crippen molar-refractivity contribution in [3.63, 3.8) is 0 Å². The van der Waals surface area contributed by atoms with Crippen molar-refractivity contribution < 1.29 is 28.9 Å². The predicted molar refractivity (Wildman–Crippen MR) is 93.8 cm³/mol. The van der Waals surface area contributed by atoms with Gasteiger partial charge in [0.15, 0.2) is 0 Å². The van der Waals surface area contributed by atoms with Gasteiger partial charge >= 0.3 is 11.9 Å². The number of hydrogen-bond acceptors (Lipinski definition) is 6. The van der Waals surface area contributed by atoms with Crippen molar-refractivity contribution in [1.82, 2.24) is 0 Å². The molecule has 3 heterocycles. The molecule has 6 heteroatoms. The molecular weight excluding hydrogens is 336 g/mol. The molecule has 0 aliphatic carbocycles. The first-order valence-corrected chi connectivity index (χ1v) is 8.64. The summed E-state index contributed by atoms with van der Waals surface area (Å²) in [6.07, 6.45) is 5.52. The summed E-state index contributed by atoms with van der Waals surface area (Å²) < 4.78 is 17.0. The summed E-state index contributed by atoms with van der Waals surface area (Å²) in [6.45, 7) is 10.8. The lowest BCUT2D eigenvalue weighted by Gasteiger charge is -2.33. The highest BCUT2D eigenvalue weighted by molar-refractivity contribution is 5.92. The zero-order valence-corrected chi connectivity index (χ0v) is 15.4. The van der Waals surface area contributed by atoms with Crippen LogP contribution in [0.5, 0.6) is 0 Å². The molecule has 3 aliphatic heterocycles. The molecule has 6 nitrogen and oxygen atoms in total. The van der Waals surface area contributed by atoms with E-state index >= 15 is 0 Å². The fraction of sp³-hybridized carbons (Fsp3) is 0.500. The molecule has 3 aliphatic rings. The second-order valence-corrected chi connectivity index (χ2v) is 7.33. The molecule has 0 aromatic carbocycles. The molecule has 0 amide bonds. The molecule has 2 bridgehead atoms. The largest absolute Gasteiger partial charge is 0.458 e. The number of allylic oxidation sites excluding steroid dienone is 1. The molecule has 140 valence electrons. The molecule has 0 unspecified atom stereocenters. The van der Waals surface area contributed by atoms with Crippen LogP contribution in [-0.2, 0) is 23.8 Å². The van der Waals surface area contributed by atoms with Crippen LogP contribution in [0.2, 0.25) is 0 Å². The van der Waals surface area contributed by atoms with Crippen LogP contribution in [-0.4, -0.2) is 40.6 Å². The van der Waals surface area contributed by atoms with Crippen molar-refractivity contribution in [3.8, 4) is 0 Å². The number of hydrogen-bond donors (Lipinski definition) is 1. The Morgan fingerprint density at radius 3 is 2.81 bits per heavy atom. The summed E-state index contributed by atoms with van der Waals surface area (Å²) in [5.41, 5.74) is 0.367. The predicted octanol–water partition coefficient (Wildman–Crippen LogP) is 2.35. The Labute approximate surface area is 152 Å². The van der Waals surface area contributed by atoms with E-state index in [1.54, 1.807) is 52.0 Å². The van der Waals surface area contributed by atoms with Crippen LogP contribution < -0.4 is 0 Å². The molecule has 0 saturated carbocycles. The van der Waals surface area contributed by atoms with Crippen molar-refractivity contribution in [2.75, 3.05) is 0 Å². The van der Waals surface area contributed by atoms with Crippen LogP contribution in [0.25, 0.3) is 0 Å². The van der Waals surface area contributed by atoms with Gasteiger partial charge < -0.3 is 19.3 Å². The fourth-order valence-electron chi connectivity index (χ4n) is 3.57. The average molecular weight is 360 g/mol. The Kier molecular flexibility index (Phi) is 4.45. The van der Waals surface area contributed by atoms with E-state index in [1.807, 2.05) is 0 Å². The molecule has 0 radical (unpaired) electrons. The van der Waals surface area contributed by atoms with Gasteiger partial charge in [-0.1, -0.05) is 18.7 Å². The number of aliphatic hydroxyl groups is 1. The van der Waals surface area contributed by atoms with Gasteiger partial charge in [-0.2, -0.15) is 0 Å². The Morgan fingerprint density at radius 2 is 2.15 bits per heavy atom. The summed E-state index contributed by atoms with van der Waals surface area (Å²) in [5, 5.41) is 10.8. The molecule has 0 spiro atoms. The van der Waals surface area contributed by atoms with Crippen molar-refractivity contribution in [2.45, 2.75) is 57.7 Å². The van der Waals surface area contributed by atoms with Crippen LogP contribution in [0.15, 0.2) is 47.6 Å². The Balaban J connectivity index is 2.04. The van der Waals surface area contributed by atoms with E-state index in [0.29, 0.717) is 11.1 Å². The lowest BCUT2D eigenvalue weighted by atomic mass is 9.83. The molecule has 0 aromatic rings. The molecule has 3 rings (SSSR count). The van der Waals surface area contributed by atoms with E-state index in [1.165, 1.54) is 0 Å². The third kappa shape index (κ3) is 3.04. The third-order valence-electron chi connectivity index (χ3n) is 5.31. The number of carbonyl (C=O) groups excluding carboxylic acids is 2. The second kappa shape index (κ2) is 6.21. The van der Waals surface area contributed by atoms with E-state index in [4.69, 9.17) is 14.2 Å². The third-order valence-corrected chi connectivity index (χ3v) is 5.31. The first-order chi connectivity index (χ1) is 12.1. The van der Waals surface area contributed by atoms with Crippen LogP contribution in [0.3, 0.4) is 0 Å². The van der Waals surface area contributed by atoms with Crippen molar-refractivity contribution in [2.24, 2.45) is 5.92 Å². The maximum Gasteiger partial charge on any atom is 0.334 e. The van der Waals surface area contributed by atoms with E-state index < -0.39 is 41.5 Å². The normalized spacial score (nSPS) is 41.5. The number of esters is 2. The van der Waals surface area contributed by atoms with Crippen LogP contribution >= 0.6 is 0 Å². The highest BCUT2D eigenvalue weighted by atomic mass is 16.6. The standard InChI is InChI=1S/C20H24O6/c1-6-11(2)17(21)25-15-10-19(5)7-8-20(23,26-19)12(3)9-14-16(15)13(4)18(22)24-14/h6-9,14-16,23H,4,10H2,1-3,5H3/b11-6+,12-9-/t14-,15+,16-,19-,20-/m0/s1. The minimum absolute atomic E-state index is 0.256. The molecule has 26 heavy (non-hydrogen) atoms. The van der Waals surface area contributed by atoms with Gasteiger partial charge in [0.2, 0.25) is 5.79 Å². The van der Waals surface area contributed by atoms with Crippen LogP contribution in [0.4, 0.5) is 0 Å². The number of carbonyl (C=O) groups is 2. The zero-order chi connectivity index (χ0) is 19.3. The van der Waals surface area contributed by atoms with Gasteiger partial charge in [0.05, 0.1) is 11.5 Å². The van der Waals surface area contributed by atoms with Crippen LogP contribution in [0.1, 0.15) is 34.1 Å². The van der Waals surface area contributed by atoms with Gasteiger partial charge in [-0.25, -0.2) is 9.59 Å². The van der Waals surface area contributed by atoms with Crippen molar-refractivity contribution >= 4 is 11.9 Å². The maximum atomic E-state index is 12.4.